The molecule has 0 heterocycles. The van der Waals surface area contributed by atoms with Crippen molar-refractivity contribution in [1.82, 2.24) is 0 Å². The molecule has 0 fully saturated rings. The van der Waals surface area contributed by atoms with Crippen LogP contribution in [0.2, 0.25) is 0 Å². The van der Waals surface area contributed by atoms with E-state index in [4.69, 9.17) is 15.9 Å². The van der Waals surface area contributed by atoms with Crippen LogP contribution in [0, 0.1) is 0 Å². The van der Waals surface area contributed by atoms with Crippen molar-refractivity contribution in [2.75, 3.05) is 0 Å². The monoisotopic (exact) mass is 372 g/mol. The van der Waals surface area contributed by atoms with E-state index in [0.717, 1.165) is 0 Å². The van der Waals surface area contributed by atoms with Crippen LogP contribution < -0.4 is 8.32 Å². The molecule has 0 spiro atoms. The molecule has 0 aromatic heterocycles. The SMILES string of the molecule is [BaH2].[MgH2].[O]=[Al][O-].[O]=[Al][O-].[Sr+2]. The van der Waals surface area contributed by atoms with Crippen molar-refractivity contribution < 1.29 is 15.9 Å². The van der Waals surface area contributed by atoms with E-state index < -0.39 is 31.0 Å². The van der Waals surface area contributed by atoms with Crippen LogP contribution >= 0.6 is 0 Å². The molecule has 0 rings (SSSR count). The summed E-state index contributed by atoms with van der Waals surface area (Å²) in [6.45, 7) is 0. The largest absolute Gasteiger partial charge is 2.00 e. The predicted molar refractivity (Wildman–Crippen MR) is 35.7 cm³/mol. The van der Waals surface area contributed by atoms with Crippen molar-refractivity contribution >= 4 is 148 Å². The van der Waals surface area contributed by atoms with Gasteiger partial charge in [-0.05, 0) is 0 Å². The number of rotatable bonds is 0. The first-order chi connectivity index (χ1) is 2.83. The zero-order valence-electron chi connectivity index (χ0n) is 3.49. The van der Waals surface area contributed by atoms with Gasteiger partial charge in [0.2, 0.25) is 0 Å². The van der Waals surface area contributed by atoms with E-state index in [9.17, 15) is 0 Å². The van der Waals surface area contributed by atoms with Crippen molar-refractivity contribution in [3.63, 3.8) is 0 Å². The minimum Gasteiger partial charge on any atom is 2.00 e. The Labute approximate surface area is 160 Å². The Hall–Kier alpha value is 4.08. The van der Waals surface area contributed by atoms with Crippen LogP contribution in [0.5, 0.6) is 0 Å². The maximum atomic E-state index is 8.46. The summed E-state index contributed by atoms with van der Waals surface area (Å²) in [5, 5.41) is 0. The van der Waals surface area contributed by atoms with Gasteiger partial charge in [-0.15, -0.1) is 0 Å². The maximum absolute atomic E-state index is 8.46. The summed E-state index contributed by atoms with van der Waals surface area (Å²) in [5.41, 5.74) is 0. The molecule has 9 heteroatoms. The van der Waals surface area contributed by atoms with Crippen molar-refractivity contribution in [3.8, 4) is 0 Å². The molecule has 0 unspecified atom stereocenters. The fourth-order valence-electron chi connectivity index (χ4n) is 0. The summed E-state index contributed by atoms with van der Waals surface area (Å²) < 4.78 is 33.8. The van der Waals surface area contributed by atoms with Crippen LogP contribution in [0.25, 0.3) is 0 Å². The second kappa shape index (κ2) is 40.1. The van der Waals surface area contributed by atoms with Crippen molar-refractivity contribution in [2.24, 2.45) is 0 Å². The first kappa shape index (κ1) is 29.2. The van der Waals surface area contributed by atoms with Crippen molar-refractivity contribution in [3.05, 3.63) is 0 Å². The molecule has 0 bridgehead atoms. The summed E-state index contributed by atoms with van der Waals surface area (Å²) in [6.07, 6.45) is 0. The third-order valence-electron chi connectivity index (χ3n) is 0. The minimum atomic E-state index is -1.75. The van der Waals surface area contributed by atoms with E-state index in [0.29, 0.717) is 0 Å². The summed E-state index contributed by atoms with van der Waals surface area (Å²) in [6, 6.07) is 0. The van der Waals surface area contributed by atoms with E-state index in [1.54, 1.807) is 0 Å². The molecule has 9 heavy (non-hydrogen) atoms. The van der Waals surface area contributed by atoms with Gasteiger partial charge in [0.1, 0.15) is 0 Å². The van der Waals surface area contributed by atoms with Crippen LogP contribution in [0.1, 0.15) is 0 Å². The molecule has 0 atom stereocenters. The fraction of sp³-hybridized carbons (Fsp3) is 0. The van der Waals surface area contributed by atoms with Crippen LogP contribution in [0.3, 0.4) is 0 Å². The second-order valence-electron chi connectivity index (χ2n) is 0.192. The zero-order chi connectivity index (χ0) is 5.41. The quantitative estimate of drug-likeness (QED) is 0.398. The maximum Gasteiger partial charge on any atom is 2.00 e. The molecule has 0 saturated heterocycles. The molecule has 0 N–H and O–H groups in total. The second-order valence-corrected chi connectivity index (χ2v) is 0.577. The Morgan fingerprint density at radius 3 is 1.00 bits per heavy atom. The first-order valence-corrected chi connectivity index (χ1v) is 2.83. The van der Waals surface area contributed by atoms with Gasteiger partial charge in [0.05, 0.1) is 0 Å². The summed E-state index contributed by atoms with van der Waals surface area (Å²) in [5.74, 6) is 0. The molecular formula is H4Al2BaMgO4Sr. The molecule has 4 nitrogen and oxygen atoms in total. The minimum absolute atomic E-state index is 0. The summed E-state index contributed by atoms with van der Waals surface area (Å²) in [4.78, 5) is 0. The number of hydrogen-bond donors (Lipinski definition) is 0. The summed E-state index contributed by atoms with van der Waals surface area (Å²) in [7, 11) is 0. The molecule has 0 saturated carbocycles. The van der Waals surface area contributed by atoms with Gasteiger partial charge in [-0.2, -0.15) is 0 Å². The van der Waals surface area contributed by atoms with Gasteiger partial charge in [-0.1, -0.05) is 0 Å². The van der Waals surface area contributed by atoms with Gasteiger partial charge < -0.3 is 0 Å². The standard InChI is InChI=1S/2Al.Ba.Mg.4O.Sr.4H/q;;;;;;2*-1;+2;;;;. The third kappa shape index (κ3) is 73.7. The predicted octanol–water partition coefficient (Wildman–Crippen LogP) is -5.59. The molecule has 0 aliphatic rings. The molecule has 40 valence electrons. The van der Waals surface area contributed by atoms with Crippen LogP contribution in [0.15, 0.2) is 0 Å². The Kier molecular flexibility index (Phi) is 130. The van der Waals surface area contributed by atoms with E-state index in [2.05, 4.69) is 0 Å². The smallest absolute Gasteiger partial charge is 2.00 e. The average molecular weight is 371 g/mol. The Morgan fingerprint density at radius 1 is 1.00 bits per heavy atom. The first-order valence-electron chi connectivity index (χ1n) is 0.943. The fourth-order valence-corrected chi connectivity index (χ4v) is 0. The van der Waals surface area contributed by atoms with E-state index in [-0.39, 0.29) is 117 Å². The Morgan fingerprint density at radius 2 is 1.00 bits per heavy atom. The van der Waals surface area contributed by atoms with Gasteiger partial charge in [-0.3, -0.25) is 0 Å². The Balaban J connectivity index is -0.00000000889. The molecule has 0 aliphatic carbocycles. The van der Waals surface area contributed by atoms with E-state index in [1.807, 2.05) is 0 Å². The molecular weight excluding hydrogens is 367 g/mol. The molecule has 0 amide bonds. The van der Waals surface area contributed by atoms with Gasteiger partial charge in [-0.25, -0.2) is 0 Å². The van der Waals surface area contributed by atoms with Crippen molar-refractivity contribution in [1.29, 1.82) is 0 Å². The number of hydrogen-bond acceptors (Lipinski definition) is 4. The van der Waals surface area contributed by atoms with Gasteiger partial charge >= 0.3 is 164 Å². The third-order valence-corrected chi connectivity index (χ3v) is 0. The molecule has 0 radical (unpaired) electrons. The summed E-state index contributed by atoms with van der Waals surface area (Å²) >= 11 is -3.50. The topological polar surface area (TPSA) is 80.3 Å². The molecule has 0 aliphatic heterocycles. The van der Waals surface area contributed by atoms with Crippen LogP contribution in [-0.4, -0.2) is 148 Å². The van der Waals surface area contributed by atoms with Gasteiger partial charge in [0, 0.05) is 0 Å². The molecule has 0 aromatic carbocycles. The average Bonchev–Trinajstić information content (AvgIpc) is 1.39. The van der Waals surface area contributed by atoms with Gasteiger partial charge in [0.25, 0.3) is 0 Å². The zero-order valence-corrected chi connectivity index (χ0v) is 9.28. The van der Waals surface area contributed by atoms with Crippen LogP contribution in [0.4, 0.5) is 0 Å². The van der Waals surface area contributed by atoms with E-state index in [1.165, 1.54) is 0 Å². The van der Waals surface area contributed by atoms with E-state index >= 15 is 0 Å². The van der Waals surface area contributed by atoms with Crippen LogP contribution in [-0.2, 0) is 7.61 Å². The molecule has 0 aromatic rings. The van der Waals surface area contributed by atoms with Gasteiger partial charge in [0.15, 0.2) is 0 Å². The normalized spacial score (nSPS) is 1.78. The Bertz CT molecular complexity index is 39.5. The van der Waals surface area contributed by atoms with Crippen molar-refractivity contribution in [2.45, 2.75) is 0 Å².